The van der Waals surface area contributed by atoms with E-state index in [9.17, 15) is 9.90 Å². The van der Waals surface area contributed by atoms with Gasteiger partial charge in [0.25, 0.3) is 0 Å². The van der Waals surface area contributed by atoms with Crippen LogP contribution in [-0.2, 0) is 9.53 Å². The molecule has 0 radical (unpaired) electrons. The van der Waals surface area contributed by atoms with Crippen molar-refractivity contribution in [2.45, 2.75) is 31.5 Å². The lowest BCUT2D eigenvalue weighted by Gasteiger charge is -2.24. The summed E-state index contributed by atoms with van der Waals surface area (Å²) in [5.74, 6) is 0.110. The lowest BCUT2D eigenvalue weighted by molar-refractivity contribution is -0.108. The molecule has 5 heteroatoms. The van der Waals surface area contributed by atoms with E-state index < -0.39 is 5.92 Å². The minimum absolute atomic E-state index is 0.0731. The highest BCUT2D eigenvalue weighted by molar-refractivity contribution is 9.10. The summed E-state index contributed by atoms with van der Waals surface area (Å²) in [6.07, 6.45) is 3.54. The summed E-state index contributed by atoms with van der Waals surface area (Å²) in [5.41, 5.74) is 1.33. The van der Waals surface area contributed by atoms with Gasteiger partial charge >= 0.3 is 0 Å². The fourth-order valence-electron chi connectivity index (χ4n) is 2.84. The molecule has 0 saturated carbocycles. The third kappa shape index (κ3) is 3.97. The number of phenols is 1. The minimum Gasteiger partial charge on any atom is -0.508 e. The van der Waals surface area contributed by atoms with Crippen LogP contribution in [0.4, 0.5) is 0 Å². The SMILES string of the molecule is O=CC(c1cccc(Br)c1)c1cc(OC2CCCCO2)ccc1O. The number of halogens is 1. The van der Waals surface area contributed by atoms with E-state index >= 15 is 0 Å². The Labute approximate surface area is 149 Å². The Bertz CT molecular complexity index is 710. The lowest BCUT2D eigenvalue weighted by atomic mass is 9.92. The molecule has 24 heavy (non-hydrogen) atoms. The van der Waals surface area contributed by atoms with Crippen LogP contribution >= 0.6 is 15.9 Å². The van der Waals surface area contributed by atoms with E-state index in [0.29, 0.717) is 17.9 Å². The van der Waals surface area contributed by atoms with E-state index in [1.807, 2.05) is 24.3 Å². The number of carbonyl (C=O) groups excluding carboxylic acids is 1. The summed E-state index contributed by atoms with van der Waals surface area (Å²) >= 11 is 3.41. The van der Waals surface area contributed by atoms with Crippen LogP contribution in [0.2, 0.25) is 0 Å². The molecule has 4 nitrogen and oxygen atoms in total. The van der Waals surface area contributed by atoms with Gasteiger partial charge in [-0.25, -0.2) is 0 Å². The monoisotopic (exact) mass is 390 g/mol. The molecule has 1 aliphatic heterocycles. The highest BCUT2D eigenvalue weighted by atomic mass is 79.9. The number of aldehydes is 1. The van der Waals surface area contributed by atoms with Gasteiger partial charge in [0.2, 0.25) is 0 Å². The molecule has 1 fully saturated rings. The van der Waals surface area contributed by atoms with Gasteiger partial charge in [-0.15, -0.1) is 0 Å². The molecule has 0 bridgehead atoms. The summed E-state index contributed by atoms with van der Waals surface area (Å²) in [6.45, 7) is 0.699. The van der Waals surface area contributed by atoms with Crippen molar-refractivity contribution in [2.24, 2.45) is 0 Å². The van der Waals surface area contributed by atoms with Crippen molar-refractivity contribution < 1.29 is 19.4 Å². The van der Waals surface area contributed by atoms with Gasteiger partial charge < -0.3 is 19.4 Å². The zero-order valence-electron chi connectivity index (χ0n) is 13.2. The minimum atomic E-state index is -0.557. The van der Waals surface area contributed by atoms with Crippen LogP contribution in [0.5, 0.6) is 11.5 Å². The maximum absolute atomic E-state index is 11.7. The van der Waals surface area contributed by atoms with Crippen molar-refractivity contribution >= 4 is 22.2 Å². The number of ether oxygens (including phenoxy) is 2. The van der Waals surface area contributed by atoms with Gasteiger partial charge in [-0.05, 0) is 48.7 Å². The van der Waals surface area contributed by atoms with Crippen molar-refractivity contribution in [3.8, 4) is 11.5 Å². The van der Waals surface area contributed by atoms with E-state index in [0.717, 1.165) is 35.6 Å². The number of aromatic hydroxyl groups is 1. The van der Waals surface area contributed by atoms with E-state index in [4.69, 9.17) is 9.47 Å². The largest absolute Gasteiger partial charge is 0.508 e. The molecule has 1 heterocycles. The quantitative estimate of drug-likeness (QED) is 0.769. The molecular formula is C19H19BrO4. The molecule has 2 unspecified atom stereocenters. The summed E-state index contributed by atoms with van der Waals surface area (Å²) in [6, 6.07) is 12.5. The first kappa shape index (κ1) is 17.0. The fraction of sp³-hybridized carbons (Fsp3) is 0.316. The van der Waals surface area contributed by atoms with Crippen molar-refractivity contribution in [3.05, 3.63) is 58.1 Å². The van der Waals surface area contributed by atoms with Crippen molar-refractivity contribution in [3.63, 3.8) is 0 Å². The Morgan fingerprint density at radius 3 is 2.83 bits per heavy atom. The molecular weight excluding hydrogens is 372 g/mol. The van der Waals surface area contributed by atoms with E-state index in [1.165, 1.54) is 0 Å². The highest BCUT2D eigenvalue weighted by Gasteiger charge is 2.20. The second-order valence-electron chi connectivity index (χ2n) is 5.80. The van der Waals surface area contributed by atoms with Gasteiger partial charge in [0.05, 0.1) is 12.5 Å². The van der Waals surface area contributed by atoms with E-state index in [-0.39, 0.29) is 12.0 Å². The van der Waals surface area contributed by atoms with Crippen molar-refractivity contribution in [2.75, 3.05) is 6.61 Å². The molecule has 2 aromatic rings. The van der Waals surface area contributed by atoms with Gasteiger partial charge in [-0.2, -0.15) is 0 Å². The molecule has 1 aliphatic rings. The van der Waals surface area contributed by atoms with Gasteiger partial charge in [0.15, 0.2) is 6.29 Å². The molecule has 0 amide bonds. The standard InChI is InChI=1S/C19H19BrO4/c20-14-5-3-4-13(10-14)17(12-21)16-11-15(7-8-18(16)22)24-19-6-1-2-9-23-19/h3-5,7-8,10-12,17,19,22H,1-2,6,9H2. The van der Waals surface area contributed by atoms with E-state index in [2.05, 4.69) is 15.9 Å². The summed E-state index contributed by atoms with van der Waals surface area (Å²) in [4.78, 5) is 11.7. The summed E-state index contributed by atoms with van der Waals surface area (Å²) < 4.78 is 12.3. The first-order valence-electron chi connectivity index (χ1n) is 7.99. The second kappa shape index (κ2) is 7.81. The average Bonchev–Trinajstić information content (AvgIpc) is 2.59. The van der Waals surface area contributed by atoms with Gasteiger partial charge in [0.1, 0.15) is 17.8 Å². The van der Waals surface area contributed by atoms with Crippen LogP contribution in [0.3, 0.4) is 0 Å². The molecule has 1 N–H and O–H groups in total. The zero-order chi connectivity index (χ0) is 16.9. The first-order chi connectivity index (χ1) is 11.7. The van der Waals surface area contributed by atoms with Gasteiger partial charge in [-0.3, -0.25) is 0 Å². The highest BCUT2D eigenvalue weighted by Crippen LogP contribution is 2.34. The van der Waals surface area contributed by atoms with Gasteiger partial charge in [-0.1, -0.05) is 28.1 Å². The Morgan fingerprint density at radius 2 is 2.12 bits per heavy atom. The van der Waals surface area contributed by atoms with Crippen LogP contribution in [0.1, 0.15) is 36.3 Å². The van der Waals surface area contributed by atoms with Crippen molar-refractivity contribution in [1.82, 2.24) is 0 Å². The third-order valence-corrected chi connectivity index (χ3v) is 4.58. The summed E-state index contributed by atoms with van der Waals surface area (Å²) in [7, 11) is 0. The van der Waals surface area contributed by atoms with Crippen LogP contribution in [-0.4, -0.2) is 24.3 Å². The molecule has 126 valence electrons. The van der Waals surface area contributed by atoms with Gasteiger partial charge in [0, 0.05) is 16.5 Å². The predicted octanol–water partition coefficient (Wildman–Crippen LogP) is 4.39. The van der Waals surface area contributed by atoms with Crippen molar-refractivity contribution in [1.29, 1.82) is 0 Å². The number of benzene rings is 2. The second-order valence-corrected chi connectivity index (χ2v) is 6.72. The normalized spacial score (nSPS) is 18.8. The molecule has 3 rings (SSSR count). The Balaban J connectivity index is 1.87. The molecule has 2 aromatic carbocycles. The smallest absolute Gasteiger partial charge is 0.199 e. The molecule has 0 aromatic heterocycles. The molecule has 0 aliphatic carbocycles. The van der Waals surface area contributed by atoms with Crippen LogP contribution in [0.15, 0.2) is 46.9 Å². The molecule has 2 atom stereocenters. The molecule has 0 spiro atoms. The Kier molecular flexibility index (Phi) is 5.53. The van der Waals surface area contributed by atoms with Crippen LogP contribution in [0, 0.1) is 0 Å². The predicted molar refractivity (Wildman–Crippen MR) is 94.4 cm³/mol. The topological polar surface area (TPSA) is 55.8 Å². The van der Waals surface area contributed by atoms with Crippen LogP contribution < -0.4 is 4.74 Å². The fourth-order valence-corrected chi connectivity index (χ4v) is 3.26. The number of carbonyl (C=O) groups is 1. The average molecular weight is 391 g/mol. The Hall–Kier alpha value is -1.85. The number of phenolic OH excluding ortho intramolecular Hbond substituents is 1. The van der Waals surface area contributed by atoms with E-state index in [1.54, 1.807) is 18.2 Å². The lowest BCUT2D eigenvalue weighted by Crippen LogP contribution is -2.25. The third-order valence-electron chi connectivity index (χ3n) is 4.08. The maximum atomic E-state index is 11.7. The Morgan fingerprint density at radius 1 is 1.25 bits per heavy atom. The number of rotatable bonds is 5. The molecule has 1 saturated heterocycles. The zero-order valence-corrected chi connectivity index (χ0v) is 14.7. The first-order valence-corrected chi connectivity index (χ1v) is 8.78. The maximum Gasteiger partial charge on any atom is 0.199 e. The number of hydrogen-bond donors (Lipinski definition) is 1. The number of hydrogen-bond acceptors (Lipinski definition) is 4. The van der Waals surface area contributed by atoms with Crippen LogP contribution in [0.25, 0.3) is 0 Å². The summed E-state index contributed by atoms with van der Waals surface area (Å²) in [5, 5.41) is 10.2.